The van der Waals surface area contributed by atoms with E-state index in [9.17, 15) is 29.7 Å². The summed E-state index contributed by atoms with van der Waals surface area (Å²) in [6.07, 6.45) is 0.552. The number of fused-ring (bicyclic) bond motifs is 3. The molecular weight excluding hydrogens is 392 g/mol. The number of allylic oxidation sites excluding steroid dienone is 3. The number of carbonyl (C=O) groups excluding carboxylic acids is 3. The second-order valence-electron chi connectivity index (χ2n) is 7.93. The topological polar surface area (TPSA) is 171 Å². The maximum absolute atomic E-state index is 13.3. The number of phenolic OH excluding ortho intramolecular Hbond substituents is 1. The zero-order valence-electron chi connectivity index (χ0n) is 16.0. The highest BCUT2D eigenvalue weighted by Crippen LogP contribution is 2.49. The lowest BCUT2D eigenvalue weighted by Gasteiger charge is -2.41. The minimum Gasteiger partial charge on any atom is -0.511 e. The van der Waals surface area contributed by atoms with Crippen LogP contribution in [0.4, 0.5) is 0 Å². The molecule has 3 aliphatic rings. The third kappa shape index (κ3) is 2.62. The standard InChI is InChI=1S/C21H20N2O7/c1-7(23-30)10-2-3-12(24)16-11(10)5-8-4-9-6-13(25)17(21(22)29)20(28)15(9)18(26)14(8)19(16)27/h2-3,8-9,15,24-26,30H,4-6H2,1H3,(H2,22,29)/b23-7-/t8-,9+,15?/m1/s1. The van der Waals surface area contributed by atoms with Gasteiger partial charge in [0, 0.05) is 17.6 Å². The molecule has 0 aliphatic heterocycles. The molecule has 0 aromatic heterocycles. The number of ketones is 2. The Labute approximate surface area is 170 Å². The Morgan fingerprint density at radius 2 is 1.87 bits per heavy atom. The predicted octanol–water partition coefficient (Wildman–Crippen LogP) is 1.66. The van der Waals surface area contributed by atoms with Crippen molar-refractivity contribution in [2.24, 2.45) is 28.6 Å². The third-order valence-corrected chi connectivity index (χ3v) is 6.31. The monoisotopic (exact) mass is 412 g/mol. The molecule has 9 heteroatoms. The van der Waals surface area contributed by atoms with Crippen molar-refractivity contribution in [1.29, 1.82) is 0 Å². The molecule has 0 fully saturated rings. The molecule has 1 aromatic carbocycles. The number of primary amides is 1. The molecular formula is C21H20N2O7. The largest absolute Gasteiger partial charge is 0.511 e. The van der Waals surface area contributed by atoms with Crippen molar-refractivity contribution in [3.8, 4) is 5.75 Å². The second kappa shape index (κ2) is 6.72. The minimum absolute atomic E-state index is 0.0106. The van der Waals surface area contributed by atoms with Gasteiger partial charge < -0.3 is 26.3 Å². The van der Waals surface area contributed by atoms with Gasteiger partial charge in [-0.3, -0.25) is 14.4 Å². The number of oxime groups is 1. The van der Waals surface area contributed by atoms with E-state index in [1.54, 1.807) is 13.0 Å². The number of hydrogen-bond acceptors (Lipinski definition) is 8. The van der Waals surface area contributed by atoms with Crippen molar-refractivity contribution in [3.05, 3.63) is 51.5 Å². The highest BCUT2D eigenvalue weighted by molar-refractivity contribution is 6.22. The Bertz CT molecular complexity index is 1110. The van der Waals surface area contributed by atoms with Crippen LogP contribution in [-0.4, -0.2) is 43.7 Å². The van der Waals surface area contributed by atoms with Gasteiger partial charge in [-0.05, 0) is 49.3 Å². The first kappa shape index (κ1) is 19.7. The lowest BCUT2D eigenvalue weighted by Crippen LogP contribution is -2.43. The fourth-order valence-corrected chi connectivity index (χ4v) is 5.03. The first-order valence-electron chi connectivity index (χ1n) is 9.45. The number of hydrogen-bond donors (Lipinski definition) is 5. The van der Waals surface area contributed by atoms with Crippen LogP contribution in [-0.2, 0) is 16.0 Å². The van der Waals surface area contributed by atoms with Crippen molar-refractivity contribution < 1.29 is 34.9 Å². The molecule has 0 bridgehead atoms. The van der Waals surface area contributed by atoms with E-state index in [1.165, 1.54) is 6.07 Å². The summed E-state index contributed by atoms with van der Waals surface area (Å²) in [5, 5.41) is 43.7. The zero-order chi connectivity index (χ0) is 21.9. The molecule has 0 radical (unpaired) electrons. The van der Waals surface area contributed by atoms with Crippen LogP contribution in [0.5, 0.6) is 5.75 Å². The van der Waals surface area contributed by atoms with E-state index in [-0.39, 0.29) is 35.4 Å². The minimum atomic E-state index is -1.15. The van der Waals surface area contributed by atoms with Gasteiger partial charge in [0.25, 0.3) is 5.91 Å². The van der Waals surface area contributed by atoms with E-state index in [2.05, 4.69) is 5.16 Å². The second-order valence-corrected chi connectivity index (χ2v) is 7.93. The fraction of sp³-hybridized carbons (Fsp3) is 0.333. The summed E-state index contributed by atoms with van der Waals surface area (Å²) in [4.78, 5) is 37.6. The molecule has 9 nitrogen and oxygen atoms in total. The Morgan fingerprint density at radius 3 is 2.50 bits per heavy atom. The average Bonchev–Trinajstić information content (AvgIpc) is 2.66. The van der Waals surface area contributed by atoms with Crippen molar-refractivity contribution in [2.75, 3.05) is 0 Å². The molecule has 30 heavy (non-hydrogen) atoms. The van der Waals surface area contributed by atoms with Gasteiger partial charge in [-0.1, -0.05) is 5.16 Å². The molecule has 1 amide bonds. The van der Waals surface area contributed by atoms with Crippen LogP contribution in [0.2, 0.25) is 0 Å². The van der Waals surface area contributed by atoms with Crippen LogP contribution in [0.1, 0.15) is 41.3 Å². The molecule has 1 aromatic rings. The molecule has 156 valence electrons. The van der Waals surface area contributed by atoms with Gasteiger partial charge in [0.05, 0.1) is 17.2 Å². The van der Waals surface area contributed by atoms with Crippen LogP contribution in [0.25, 0.3) is 0 Å². The molecule has 3 atom stereocenters. The Morgan fingerprint density at radius 1 is 1.17 bits per heavy atom. The number of nitrogens with zero attached hydrogens (tertiary/aromatic N) is 1. The number of carbonyl (C=O) groups is 3. The van der Waals surface area contributed by atoms with E-state index >= 15 is 0 Å². The number of aromatic hydroxyl groups is 1. The molecule has 0 saturated heterocycles. The number of aliphatic hydroxyl groups excluding tert-OH is 2. The van der Waals surface area contributed by atoms with E-state index in [4.69, 9.17) is 10.9 Å². The van der Waals surface area contributed by atoms with Crippen LogP contribution < -0.4 is 5.73 Å². The molecule has 6 N–H and O–H groups in total. The molecule has 0 spiro atoms. The predicted molar refractivity (Wildman–Crippen MR) is 103 cm³/mol. The van der Waals surface area contributed by atoms with Gasteiger partial charge in [-0.15, -0.1) is 0 Å². The number of phenols is 1. The Balaban J connectivity index is 1.88. The summed E-state index contributed by atoms with van der Waals surface area (Å²) >= 11 is 0. The first-order chi connectivity index (χ1) is 14.2. The molecule has 3 aliphatic carbocycles. The average molecular weight is 412 g/mol. The van der Waals surface area contributed by atoms with Crippen LogP contribution in [0, 0.1) is 17.8 Å². The SMILES string of the molecule is C/C(=N/O)c1ccc(O)c2c1C[C@H]1C[C@H]3CC(O)=C(C(N)=O)C(=O)C3C(O)=C1C2=O. The van der Waals surface area contributed by atoms with Crippen LogP contribution >= 0.6 is 0 Å². The molecule has 1 unspecified atom stereocenters. The molecule has 0 saturated carbocycles. The lowest BCUT2D eigenvalue weighted by atomic mass is 9.62. The van der Waals surface area contributed by atoms with E-state index < -0.39 is 52.3 Å². The maximum Gasteiger partial charge on any atom is 0.255 e. The van der Waals surface area contributed by atoms with E-state index in [0.717, 1.165) is 0 Å². The number of nitrogens with two attached hydrogens (primary N) is 1. The van der Waals surface area contributed by atoms with Gasteiger partial charge in [0.15, 0.2) is 11.6 Å². The quantitative estimate of drug-likeness (QED) is 0.213. The normalized spacial score (nSPS) is 26.3. The fourth-order valence-electron chi connectivity index (χ4n) is 5.03. The summed E-state index contributed by atoms with van der Waals surface area (Å²) in [5.74, 6) is -5.76. The maximum atomic E-state index is 13.3. The van der Waals surface area contributed by atoms with Gasteiger partial charge in [0.1, 0.15) is 22.8 Å². The summed E-state index contributed by atoms with van der Waals surface area (Å²) in [6.45, 7) is 1.56. The highest BCUT2D eigenvalue weighted by Gasteiger charge is 2.50. The number of aliphatic hydroxyl groups is 2. The summed E-state index contributed by atoms with van der Waals surface area (Å²) in [7, 11) is 0. The number of benzene rings is 1. The lowest BCUT2D eigenvalue weighted by molar-refractivity contribution is -0.126. The number of rotatable bonds is 2. The molecule has 4 rings (SSSR count). The smallest absolute Gasteiger partial charge is 0.255 e. The van der Waals surface area contributed by atoms with Gasteiger partial charge in [0.2, 0.25) is 0 Å². The van der Waals surface area contributed by atoms with Crippen molar-refractivity contribution in [3.63, 3.8) is 0 Å². The first-order valence-corrected chi connectivity index (χ1v) is 9.45. The van der Waals surface area contributed by atoms with Gasteiger partial charge in [-0.25, -0.2) is 0 Å². The van der Waals surface area contributed by atoms with E-state index in [1.807, 2.05) is 0 Å². The van der Waals surface area contributed by atoms with Crippen molar-refractivity contribution in [2.45, 2.75) is 26.2 Å². The summed E-state index contributed by atoms with van der Waals surface area (Å²) in [6, 6.07) is 2.86. The van der Waals surface area contributed by atoms with Crippen LogP contribution in [0.3, 0.4) is 0 Å². The molecule has 0 heterocycles. The third-order valence-electron chi connectivity index (χ3n) is 6.31. The number of amides is 1. The highest BCUT2D eigenvalue weighted by atomic mass is 16.4. The Kier molecular flexibility index (Phi) is 4.41. The van der Waals surface area contributed by atoms with Crippen LogP contribution in [0.15, 0.2) is 40.0 Å². The summed E-state index contributed by atoms with van der Waals surface area (Å²) in [5.41, 5.74) is 5.93. The van der Waals surface area contributed by atoms with Gasteiger partial charge >= 0.3 is 0 Å². The van der Waals surface area contributed by atoms with Crippen molar-refractivity contribution >= 4 is 23.2 Å². The number of Topliss-reactive ketones (excluding diaryl/α,β-unsaturated/α-hetero) is 2. The Hall–Kier alpha value is -3.62. The summed E-state index contributed by atoms with van der Waals surface area (Å²) < 4.78 is 0. The van der Waals surface area contributed by atoms with E-state index in [0.29, 0.717) is 17.5 Å². The van der Waals surface area contributed by atoms with Crippen molar-refractivity contribution in [1.82, 2.24) is 0 Å². The van der Waals surface area contributed by atoms with Gasteiger partial charge in [-0.2, -0.15) is 0 Å². The zero-order valence-corrected chi connectivity index (χ0v) is 16.0.